The zero-order valence-electron chi connectivity index (χ0n) is 18.4. The SMILES string of the molecule is COC(=O)[C@@H]1[C@@H]2[C@H](CN1C(=O)[C@H](Cc1ccncc1)NC(=O)C[C@H]1CCOC1)C2(C)C. The molecule has 3 aliphatic rings. The normalized spacial score (nSPS) is 29.2. The van der Waals surface area contributed by atoms with E-state index in [1.807, 2.05) is 12.1 Å². The van der Waals surface area contributed by atoms with Crippen molar-refractivity contribution in [2.24, 2.45) is 23.2 Å². The number of pyridine rings is 1. The van der Waals surface area contributed by atoms with Crippen molar-refractivity contribution in [3.8, 4) is 0 Å². The largest absolute Gasteiger partial charge is 0.467 e. The van der Waals surface area contributed by atoms with Crippen LogP contribution in [0, 0.1) is 23.2 Å². The van der Waals surface area contributed by atoms with E-state index in [0.29, 0.717) is 32.6 Å². The lowest BCUT2D eigenvalue weighted by atomic mass is 9.98. The van der Waals surface area contributed by atoms with Crippen LogP contribution in [0.5, 0.6) is 0 Å². The second-order valence-corrected chi connectivity index (χ2v) is 9.53. The molecule has 0 aromatic carbocycles. The number of piperidine rings is 1. The molecule has 8 heteroatoms. The van der Waals surface area contributed by atoms with E-state index in [1.165, 1.54) is 7.11 Å². The van der Waals surface area contributed by atoms with Gasteiger partial charge >= 0.3 is 5.97 Å². The maximum absolute atomic E-state index is 13.6. The van der Waals surface area contributed by atoms with E-state index in [-0.39, 0.29) is 41.0 Å². The van der Waals surface area contributed by atoms with Crippen molar-refractivity contribution >= 4 is 17.8 Å². The minimum absolute atomic E-state index is 0.0158. The first kappa shape index (κ1) is 21.7. The van der Waals surface area contributed by atoms with Crippen molar-refractivity contribution in [1.82, 2.24) is 15.2 Å². The number of fused-ring (bicyclic) bond motifs is 1. The Balaban J connectivity index is 1.51. The Morgan fingerprint density at radius 3 is 2.71 bits per heavy atom. The number of carbonyl (C=O) groups excluding carboxylic acids is 3. The van der Waals surface area contributed by atoms with E-state index in [9.17, 15) is 14.4 Å². The van der Waals surface area contributed by atoms with Crippen molar-refractivity contribution in [1.29, 1.82) is 0 Å². The summed E-state index contributed by atoms with van der Waals surface area (Å²) >= 11 is 0. The molecule has 1 aromatic rings. The number of carbonyl (C=O) groups is 3. The average molecular weight is 430 g/mol. The smallest absolute Gasteiger partial charge is 0.328 e. The van der Waals surface area contributed by atoms with Crippen molar-refractivity contribution in [2.75, 3.05) is 26.9 Å². The highest BCUT2D eigenvalue weighted by atomic mass is 16.5. The van der Waals surface area contributed by atoms with Crippen molar-refractivity contribution in [3.05, 3.63) is 30.1 Å². The maximum atomic E-state index is 13.6. The van der Waals surface area contributed by atoms with Gasteiger partial charge in [0.1, 0.15) is 12.1 Å². The van der Waals surface area contributed by atoms with Crippen LogP contribution in [-0.4, -0.2) is 66.6 Å². The van der Waals surface area contributed by atoms with Gasteiger partial charge in [0.05, 0.1) is 7.11 Å². The second-order valence-electron chi connectivity index (χ2n) is 9.53. The molecule has 1 aliphatic carbocycles. The summed E-state index contributed by atoms with van der Waals surface area (Å²) in [5.41, 5.74) is 0.916. The number of esters is 1. The number of hydrogen-bond acceptors (Lipinski definition) is 6. The molecule has 168 valence electrons. The molecule has 0 bridgehead atoms. The Hall–Kier alpha value is -2.48. The molecule has 1 aromatic heterocycles. The molecule has 0 radical (unpaired) electrons. The predicted molar refractivity (Wildman–Crippen MR) is 112 cm³/mol. The Kier molecular flexibility index (Phi) is 6.01. The summed E-state index contributed by atoms with van der Waals surface area (Å²) in [6.07, 6.45) is 4.86. The van der Waals surface area contributed by atoms with Crippen LogP contribution in [0.3, 0.4) is 0 Å². The van der Waals surface area contributed by atoms with E-state index < -0.39 is 12.1 Å². The predicted octanol–water partition coefficient (Wildman–Crippen LogP) is 1.19. The standard InChI is InChI=1S/C23H31N3O5/c1-23(2)16-12-26(20(19(16)23)22(29)30-3)21(28)17(10-14-4-7-24-8-5-14)25-18(27)11-15-6-9-31-13-15/h4-5,7-8,15-17,19-20H,6,9-13H2,1-3H3,(H,25,27)/t15-,16+,17+,19+,20+/m1/s1. The fraction of sp³-hybridized carbons (Fsp3) is 0.652. The number of rotatable bonds is 7. The number of aromatic nitrogens is 1. The lowest BCUT2D eigenvalue weighted by Gasteiger charge is -2.32. The van der Waals surface area contributed by atoms with Crippen LogP contribution in [0.1, 0.15) is 32.3 Å². The zero-order valence-corrected chi connectivity index (χ0v) is 18.4. The van der Waals surface area contributed by atoms with Crippen LogP contribution in [0.4, 0.5) is 0 Å². The van der Waals surface area contributed by atoms with Crippen LogP contribution in [0.2, 0.25) is 0 Å². The van der Waals surface area contributed by atoms with Crippen LogP contribution in [0.25, 0.3) is 0 Å². The molecule has 1 N–H and O–H groups in total. The lowest BCUT2D eigenvalue weighted by Crippen LogP contribution is -2.55. The number of nitrogens with zero attached hydrogens (tertiary/aromatic N) is 2. The quantitative estimate of drug-likeness (QED) is 0.654. The van der Waals surface area contributed by atoms with Crippen LogP contribution in [-0.2, 0) is 30.3 Å². The first-order valence-corrected chi connectivity index (χ1v) is 11.0. The van der Waals surface area contributed by atoms with Crippen molar-refractivity contribution in [3.63, 3.8) is 0 Å². The summed E-state index contributed by atoms with van der Waals surface area (Å²) in [7, 11) is 1.35. The van der Waals surface area contributed by atoms with Gasteiger partial charge in [0.25, 0.3) is 0 Å². The molecular formula is C23H31N3O5. The molecule has 2 saturated heterocycles. The summed E-state index contributed by atoms with van der Waals surface area (Å²) in [6.45, 7) is 6.01. The zero-order chi connectivity index (χ0) is 22.2. The van der Waals surface area contributed by atoms with Gasteiger partial charge in [0.15, 0.2) is 0 Å². The molecule has 4 rings (SSSR count). The van der Waals surface area contributed by atoms with E-state index in [2.05, 4.69) is 24.1 Å². The highest BCUT2D eigenvalue weighted by Crippen LogP contribution is 2.65. The number of amides is 2. The number of nitrogens with one attached hydrogen (secondary N) is 1. The molecule has 1 saturated carbocycles. The van der Waals surface area contributed by atoms with Gasteiger partial charge in [-0.05, 0) is 41.4 Å². The fourth-order valence-corrected chi connectivity index (χ4v) is 5.32. The van der Waals surface area contributed by atoms with E-state index >= 15 is 0 Å². The van der Waals surface area contributed by atoms with Gasteiger partial charge in [-0.3, -0.25) is 14.6 Å². The highest BCUT2D eigenvalue weighted by Gasteiger charge is 2.70. The summed E-state index contributed by atoms with van der Waals surface area (Å²) in [5.74, 6) is -0.234. The molecular weight excluding hydrogens is 398 g/mol. The first-order valence-electron chi connectivity index (χ1n) is 11.0. The molecule has 8 nitrogen and oxygen atoms in total. The minimum atomic E-state index is -0.745. The summed E-state index contributed by atoms with van der Waals surface area (Å²) in [4.78, 5) is 44.5. The third-order valence-electron chi connectivity index (χ3n) is 7.25. The molecule has 5 atom stereocenters. The minimum Gasteiger partial charge on any atom is -0.467 e. The van der Waals surface area contributed by atoms with Gasteiger partial charge in [-0.25, -0.2) is 4.79 Å². The molecule has 0 unspecified atom stereocenters. The van der Waals surface area contributed by atoms with Gasteiger partial charge in [0.2, 0.25) is 11.8 Å². The summed E-state index contributed by atoms with van der Waals surface area (Å²) < 4.78 is 10.4. The molecule has 31 heavy (non-hydrogen) atoms. The fourth-order valence-electron chi connectivity index (χ4n) is 5.32. The average Bonchev–Trinajstić information content (AvgIpc) is 3.18. The third-order valence-corrected chi connectivity index (χ3v) is 7.25. The Bertz CT molecular complexity index is 837. The maximum Gasteiger partial charge on any atom is 0.328 e. The van der Waals surface area contributed by atoms with Gasteiger partial charge in [-0.1, -0.05) is 13.8 Å². The highest BCUT2D eigenvalue weighted by molar-refractivity contribution is 5.92. The van der Waals surface area contributed by atoms with Crippen molar-refractivity contribution in [2.45, 2.75) is 45.2 Å². The van der Waals surface area contributed by atoms with E-state index in [0.717, 1.165) is 12.0 Å². The monoisotopic (exact) mass is 429 g/mol. The van der Waals surface area contributed by atoms with Gasteiger partial charge in [-0.2, -0.15) is 0 Å². The second kappa shape index (κ2) is 8.57. The summed E-state index contributed by atoms with van der Waals surface area (Å²) in [6, 6.07) is 2.32. The third kappa shape index (κ3) is 4.31. The van der Waals surface area contributed by atoms with E-state index in [4.69, 9.17) is 9.47 Å². The van der Waals surface area contributed by atoms with Gasteiger partial charge < -0.3 is 19.7 Å². The topological polar surface area (TPSA) is 97.8 Å². The van der Waals surface area contributed by atoms with Crippen molar-refractivity contribution < 1.29 is 23.9 Å². The Labute approximate surface area is 182 Å². The number of methoxy groups -OCH3 is 1. The molecule has 0 spiro atoms. The van der Waals surface area contributed by atoms with Gasteiger partial charge in [0, 0.05) is 50.9 Å². The Morgan fingerprint density at radius 2 is 2.06 bits per heavy atom. The summed E-state index contributed by atoms with van der Waals surface area (Å²) in [5, 5.41) is 2.94. The number of likely N-dealkylation sites (tertiary alicyclic amines) is 1. The van der Waals surface area contributed by atoms with E-state index in [1.54, 1.807) is 17.3 Å². The van der Waals surface area contributed by atoms with Crippen LogP contribution >= 0.6 is 0 Å². The molecule has 2 aliphatic heterocycles. The molecule has 2 amide bonds. The van der Waals surface area contributed by atoms with Crippen LogP contribution in [0.15, 0.2) is 24.5 Å². The lowest BCUT2D eigenvalue weighted by molar-refractivity contribution is -0.154. The first-order chi connectivity index (χ1) is 14.8. The van der Waals surface area contributed by atoms with Crippen LogP contribution < -0.4 is 5.32 Å². The number of hydrogen-bond donors (Lipinski definition) is 1. The molecule has 3 fully saturated rings. The Morgan fingerprint density at radius 1 is 1.32 bits per heavy atom. The number of ether oxygens (including phenoxy) is 2. The molecule has 3 heterocycles. The van der Waals surface area contributed by atoms with Gasteiger partial charge in [-0.15, -0.1) is 0 Å².